The molecule has 0 spiro atoms. The fourth-order valence-corrected chi connectivity index (χ4v) is 2.78. The summed E-state index contributed by atoms with van der Waals surface area (Å²) < 4.78 is 65.6. The van der Waals surface area contributed by atoms with E-state index in [4.69, 9.17) is 0 Å². The van der Waals surface area contributed by atoms with Crippen LogP contribution in [0.5, 0.6) is 0 Å². The fourth-order valence-electron chi connectivity index (χ4n) is 2.40. The molecule has 1 aliphatic heterocycles. The van der Waals surface area contributed by atoms with Crippen LogP contribution >= 0.6 is 15.9 Å². The van der Waals surface area contributed by atoms with Gasteiger partial charge in [-0.25, -0.2) is 8.78 Å². The molecule has 1 fully saturated rings. The number of hydrogen-bond donors (Lipinski definition) is 0. The molecule has 1 aromatic carbocycles. The summed E-state index contributed by atoms with van der Waals surface area (Å²) in [6.07, 6.45) is -3.81. The number of alkyl halides is 3. The molecule has 2 rings (SSSR count). The normalized spacial score (nSPS) is 21.2. The highest BCUT2D eigenvalue weighted by Crippen LogP contribution is 2.34. The largest absolute Gasteiger partial charge is 0.393 e. The van der Waals surface area contributed by atoms with Crippen LogP contribution in [0.2, 0.25) is 0 Å². The molecule has 7 heteroatoms. The molecule has 0 radical (unpaired) electrons. The first kappa shape index (κ1) is 15.7. The van der Waals surface area contributed by atoms with Gasteiger partial charge in [0.25, 0.3) is 0 Å². The summed E-state index contributed by atoms with van der Waals surface area (Å²) in [5.74, 6) is -2.91. The maximum atomic E-state index is 13.8. The highest BCUT2D eigenvalue weighted by Gasteiger charge is 2.41. The third-order valence-electron chi connectivity index (χ3n) is 3.49. The summed E-state index contributed by atoms with van der Waals surface area (Å²) in [7, 11) is 0. The summed E-state index contributed by atoms with van der Waals surface area (Å²) in [5.41, 5.74) is -0.192. The van der Waals surface area contributed by atoms with Crippen molar-refractivity contribution in [2.24, 2.45) is 5.92 Å². The van der Waals surface area contributed by atoms with Gasteiger partial charge in [0.15, 0.2) is 0 Å². The molecule has 0 saturated carbocycles. The number of benzene rings is 1. The van der Waals surface area contributed by atoms with Crippen molar-refractivity contribution in [3.8, 4) is 0 Å². The molecule has 1 nitrogen and oxygen atoms in total. The Balaban J connectivity index is 2.13. The van der Waals surface area contributed by atoms with E-state index in [-0.39, 0.29) is 29.5 Å². The first-order valence-corrected chi connectivity index (χ1v) is 6.99. The zero-order valence-corrected chi connectivity index (χ0v) is 12.1. The minimum absolute atomic E-state index is 0.0729. The maximum Gasteiger partial charge on any atom is 0.393 e. The number of halogens is 6. The van der Waals surface area contributed by atoms with Crippen LogP contribution in [0.25, 0.3) is 0 Å². The lowest BCUT2D eigenvalue weighted by Crippen LogP contribution is -2.41. The average molecular weight is 358 g/mol. The summed E-state index contributed by atoms with van der Waals surface area (Å²) in [4.78, 5) is 1.45. The molecular formula is C13H13BrF5N. The zero-order valence-electron chi connectivity index (χ0n) is 10.5. The molecule has 112 valence electrons. The minimum Gasteiger partial charge on any atom is -0.298 e. The van der Waals surface area contributed by atoms with Gasteiger partial charge in [-0.1, -0.05) is 0 Å². The smallest absolute Gasteiger partial charge is 0.298 e. The van der Waals surface area contributed by atoms with Crippen LogP contribution < -0.4 is 0 Å². The second-order valence-electron chi connectivity index (χ2n) is 4.94. The van der Waals surface area contributed by atoms with E-state index < -0.39 is 23.7 Å². The molecule has 0 aliphatic carbocycles. The highest BCUT2D eigenvalue weighted by atomic mass is 79.9. The molecule has 0 amide bonds. The molecule has 0 bridgehead atoms. The first-order valence-electron chi connectivity index (χ1n) is 6.20. The number of nitrogens with zero attached hydrogens (tertiary/aromatic N) is 1. The van der Waals surface area contributed by atoms with Gasteiger partial charge in [0.2, 0.25) is 0 Å². The quantitative estimate of drug-likeness (QED) is 0.556. The number of rotatable bonds is 2. The number of hydrogen-bond acceptors (Lipinski definition) is 1. The first-order chi connectivity index (χ1) is 9.29. The van der Waals surface area contributed by atoms with Crippen LogP contribution in [-0.4, -0.2) is 24.2 Å². The zero-order chi connectivity index (χ0) is 14.9. The number of piperidine rings is 1. The van der Waals surface area contributed by atoms with Gasteiger partial charge in [-0.05, 0) is 47.4 Å². The van der Waals surface area contributed by atoms with Crippen LogP contribution in [0.4, 0.5) is 22.0 Å². The molecular weight excluding hydrogens is 345 g/mol. The van der Waals surface area contributed by atoms with E-state index in [2.05, 4.69) is 15.9 Å². The van der Waals surface area contributed by atoms with Crippen molar-refractivity contribution in [2.45, 2.75) is 25.6 Å². The van der Waals surface area contributed by atoms with Crippen molar-refractivity contribution in [1.82, 2.24) is 4.90 Å². The Morgan fingerprint density at radius 1 is 1.25 bits per heavy atom. The van der Waals surface area contributed by atoms with Gasteiger partial charge in [-0.3, -0.25) is 4.90 Å². The average Bonchev–Trinajstić information content (AvgIpc) is 2.39. The van der Waals surface area contributed by atoms with Gasteiger partial charge >= 0.3 is 6.18 Å². The lowest BCUT2D eigenvalue weighted by molar-refractivity contribution is -0.187. The second kappa shape index (κ2) is 5.97. The molecule has 1 aromatic rings. The van der Waals surface area contributed by atoms with E-state index in [0.717, 1.165) is 6.07 Å². The van der Waals surface area contributed by atoms with Crippen LogP contribution in [0.1, 0.15) is 18.4 Å². The molecule has 1 saturated heterocycles. The minimum atomic E-state index is -4.26. The van der Waals surface area contributed by atoms with E-state index in [1.165, 1.54) is 11.0 Å². The Bertz CT molecular complexity index is 488. The Hall–Kier alpha value is -0.690. The van der Waals surface area contributed by atoms with Crippen molar-refractivity contribution in [2.75, 3.05) is 13.1 Å². The van der Waals surface area contributed by atoms with Gasteiger partial charge in [0, 0.05) is 18.7 Å². The lowest BCUT2D eigenvalue weighted by atomic mass is 9.97. The van der Waals surface area contributed by atoms with Gasteiger partial charge in [-0.15, -0.1) is 0 Å². The predicted molar refractivity (Wildman–Crippen MR) is 68.1 cm³/mol. The second-order valence-corrected chi connectivity index (χ2v) is 5.79. The van der Waals surface area contributed by atoms with Crippen LogP contribution in [0, 0.1) is 17.6 Å². The Morgan fingerprint density at radius 2 is 1.95 bits per heavy atom. The van der Waals surface area contributed by atoms with E-state index >= 15 is 0 Å². The Morgan fingerprint density at radius 3 is 2.60 bits per heavy atom. The van der Waals surface area contributed by atoms with Gasteiger partial charge in [-0.2, -0.15) is 13.2 Å². The van der Waals surface area contributed by atoms with Crippen LogP contribution in [0.15, 0.2) is 16.6 Å². The third-order valence-corrected chi connectivity index (χ3v) is 4.10. The molecule has 1 atom stereocenters. The van der Waals surface area contributed by atoms with Crippen molar-refractivity contribution in [1.29, 1.82) is 0 Å². The SMILES string of the molecule is Fc1ccc(Br)c(F)c1CN1CCCC(C(F)(F)F)C1. The topological polar surface area (TPSA) is 3.24 Å². The molecule has 1 unspecified atom stereocenters. The number of likely N-dealkylation sites (tertiary alicyclic amines) is 1. The van der Waals surface area contributed by atoms with E-state index in [9.17, 15) is 22.0 Å². The van der Waals surface area contributed by atoms with Crippen LogP contribution in [-0.2, 0) is 6.54 Å². The Labute approximate surface area is 121 Å². The van der Waals surface area contributed by atoms with E-state index in [0.29, 0.717) is 13.0 Å². The molecule has 0 N–H and O–H groups in total. The van der Waals surface area contributed by atoms with Crippen molar-refractivity contribution >= 4 is 15.9 Å². The summed E-state index contributed by atoms with van der Waals surface area (Å²) >= 11 is 2.95. The van der Waals surface area contributed by atoms with Gasteiger partial charge < -0.3 is 0 Å². The van der Waals surface area contributed by atoms with Gasteiger partial charge in [0.05, 0.1) is 10.4 Å². The van der Waals surface area contributed by atoms with Crippen LogP contribution in [0.3, 0.4) is 0 Å². The van der Waals surface area contributed by atoms with Crippen molar-refractivity contribution in [3.05, 3.63) is 33.8 Å². The molecule has 0 aromatic heterocycles. The lowest BCUT2D eigenvalue weighted by Gasteiger charge is -2.33. The van der Waals surface area contributed by atoms with E-state index in [1.54, 1.807) is 0 Å². The summed E-state index contributed by atoms with van der Waals surface area (Å²) in [6.45, 7) is 0.0521. The maximum absolute atomic E-state index is 13.8. The Kier molecular flexibility index (Phi) is 4.69. The van der Waals surface area contributed by atoms with E-state index in [1.807, 2.05) is 0 Å². The molecule has 1 aliphatic rings. The van der Waals surface area contributed by atoms with Crippen molar-refractivity contribution in [3.63, 3.8) is 0 Å². The molecule has 20 heavy (non-hydrogen) atoms. The fraction of sp³-hybridized carbons (Fsp3) is 0.538. The third kappa shape index (κ3) is 3.49. The van der Waals surface area contributed by atoms with Gasteiger partial charge in [0.1, 0.15) is 11.6 Å². The predicted octanol–water partition coefficient (Wildman–Crippen LogP) is 4.50. The highest BCUT2D eigenvalue weighted by molar-refractivity contribution is 9.10. The van der Waals surface area contributed by atoms with Crippen molar-refractivity contribution < 1.29 is 22.0 Å². The monoisotopic (exact) mass is 357 g/mol. The molecule has 1 heterocycles. The summed E-state index contributed by atoms with van der Waals surface area (Å²) in [5, 5.41) is 0. The summed E-state index contributed by atoms with van der Waals surface area (Å²) in [6, 6.07) is 2.34. The standard InChI is InChI=1S/C13H13BrF5N/c14-10-3-4-11(15)9(12(10)16)7-20-5-1-2-8(6-20)13(17,18)19/h3-4,8H,1-2,5-7H2.